The normalized spacial score (nSPS) is 18.8. The Kier molecular flexibility index (Phi) is 5.34. The second-order valence-electron chi connectivity index (χ2n) is 8.26. The van der Waals surface area contributed by atoms with E-state index in [1.165, 1.54) is 6.07 Å². The zero-order valence-electron chi connectivity index (χ0n) is 17.5. The number of pyridine rings is 2. The van der Waals surface area contributed by atoms with Crippen LogP contribution in [0.2, 0.25) is 0 Å². The summed E-state index contributed by atoms with van der Waals surface area (Å²) in [6, 6.07) is 7.25. The number of anilines is 2. The maximum absolute atomic E-state index is 14.0. The van der Waals surface area contributed by atoms with Gasteiger partial charge in [-0.25, -0.2) is 19.3 Å². The molecule has 0 unspecified atom stereocenters. The van der Waals surface area contributed by atoms with Crippen LogP contribution < -0.4 is 16.4 Å². The molecule has 4 heterocycles. The third-order valence-electron chi connectivity index (χ3n) is 6.49. The van der Waals surface area contributed by atoms with Gasteiger partial charge < -0.3 is 16.4 Å². The van der Waals surface area contributed by atoms with E-state index in [1.54, 1.807) is 6.20 Å². The number of hydrogen-bond donors (Lipinski definition) is 2. The van der Waals surface area contributed by atoms with Crippen molar-refractivity contribution in [3.63, 3.8) is 0 Å². The standard InChI is InChI=1S/C22H20F2N8S/c23-16-15(3-7-29-18(16)24)33-21-19(27)31-20(14(11-25)30-21)32-8-4-22(5-9-32)10-13-12(17(22)26)2-1-6-28-13/h1-3,6-7,17H,4-5,8-10,26H2,(H2,27,31)/t17-/m1/s1. The van der Waals surface area contributed by atoms with Gasteiger partial charge in [-0.1, -0.05) is 17.8 Å². The van der Waals surface area contributed by atoms with Gasteiger partial charge >= 0.3 is 0 Å². The fourth-order valence-corrected chi connectivity index (χ4v) is 5.48. The molecule has 0 aromatic carbocycles. The summed E-state index contributed by atoms with van der Waals surface area (Å²) in [4.78, 5) is 18.4. The summed E-state index contributed by atoms with van der Waals surface area (Å²) in [5.74, 6) is -1.89. The Hall–Kier alpha value is -3.36. The van der Waals surface area contributed by atoms with Crippen LogP contribution in [-0.4, -0.2) is 33.0 Å². The number of halogens is 2. The number of nitrogen functional groups attached to an aromatic ring is 1. The van der Waals surface area contributed by atoms with E-state index in [4.69, 9.17) is 11.5 Å². The summed E-state index contributed by atoms with van der Waals surface area (Å²) in [6.07, 6.45) is 5.41. The van der Waals surface area contributed by atoms with Gasteiger partial charge in [0.1, 0.15) is 11.1 Å². The van der Waals surface area contributed by atoms with Crippen molar-refractivity contribution < 1.29 is 8.78 Å². The van der Waals surface area contributed by atoms with Gasteiger partial charge in [0, 0.05) is 37.2 Å². The lowest BCUT2D eigenvalue weighted by atomic mass is 9.73. The molecule has 4 N–H and O–H groups in total. The van der Waals surface area contributed by atoms with Crippen molar-refractivity contribution >= 4 is 23.4 Å². The average Bonchev–Trinajstić information content (AvgIpc) is 3.09. The monoisotopic (exact) mass is 466 g/mol. The highest BCUT2D eigenvalue weighted by atomic mass is 32.2. The molecule has 0 bridgehead atoms. The zero-order valence-corrected chi connectivity index (χ0v) is 18.3. The first-order valence-corrected chi connectivity index (χ1v) is 11.2. The summed E-state index contributed by atoms with van der Waals surface area (Å²) in [7, 11) is 0. The smallest absolute Gasteiger partial charge is 0.250 e. The number of hydrogen-bond acceptors (Lipinski definition) is 9. The second kappa shape index (κ2) is 8.20. The number of fused-ring (bicyclic) bond motifs is 1. The number of rotatable bonds is 3. The topological polar surface area (TPSA) is 131 Å². The zero-order chi connectivity index (χ0) is 23.2. The lowest BCUT2D eigenvalue weighted by Crippen LogP contribution is -2.45. The molecule has 3 aromatic rings. The molecule has 3 aromatic heterocycles. The van der Waals surface area contributed by atoms with E-state index in [9.17, 15) is 14.0 Å². The SMILES string of the molecule is N#Cc1nc(Sc2ccnc(F)c2F)c(N)nc1N1CCC2(CC1)Cc1ncccc1[C@H]2N. The van der Waals surface area contributed by atoms with E-state index in [1.807, 2.05) is 17.0 Å². The quantitative estimate of drug-likeness (QED) is 0.559. The second-order valence-corrected chi connectivity index (χ2v) is 9.29. The predicted octanol–water partition coefficient (Wildman–Crippen LogP) is 2.99. The number of nitrogens with two attached hydrogens (primary N) is 2. The van der Waals surface area contributed by atoms with Gasteiger partial charge in [0.2, 0.25) is 5.95 Å². The molecular formula is C22H20F2N8S. The van der Waals surface area contributed by atoms with Gasteiger partial charge in [-0.3, -0.25) is 4.98 Å². The van der Waals surface area contributed by atoms with Gasteiger partial charge in [0.05, 0.1) is 4.90 Å². The molecule has 8 nitrogen and oxygen atoms in total. The van der Waals surface area contributed by atoms with Crippen molar-refractivity contribution in [3.05, 3.63) is 59.3 Å². The highest BCUT2D eigenvalue weighted by Crippen LogP contribution is 2.50. The predicted molar refractivity (Wildman–Crippen MR) is 118 cm³/mol. The van der Waals surface area contributed by atoms with Gasteiger partial charge in [0.15, 0.2) is 23.1 Å². The summed E-state index contributed by atoms with van der Waals surface area (Å²) >= 11 is 0.802. The first kappa shape index (κ1) is 21.5. The molecule has 1 saturated heterocycles. The first-order chi connectivity index (χ1) is 15.9. The minimum atomic E-state index is -1.21. The summed E-state index contributed by atoms with van der Waals surface area (Å²) in [6.45, 7) is 1.28. The molecule has 168 valence electrons. The van der Waals surface area contributed by atoms with Crippen molar-refractivity contribution in [1.29, 1.82) is 5.26 Å². The van der Waals surface area contributed by atoms with E-state index in [0.717, 1.165) is 48.5 Å². The lowest BCUT2D eigenvalue weighted by Gasteiger charge is -2.42. The van der Waals surface area contributed by atoms with Crippen molar-refractivity contribution in [1.82, 2.24) is 19.9 Å². The van der Waals surface area contributed by atoms with Crippen molar-refractivity contribution in [3.8, 4) is 6.07 Å². The molecule has 1 atom stereocenters. The van der Waals surface area contributed by atoms with Crippen molar-refractivity contribution in [2.24, 2.45) is 11.1 Å². The number of aromatic nitrogens is 4. The van der Waals surface area contributed by atoms with Crippen LogP contribution >= 0.6 is 11.8 Å². The minimum absolute atomic E-state index is 0.0385. The van der Waals surface area contributed by atoms with Crippen LogP contribution in [0.4, 0.5) is 20.4 Å². The van der Waals surface area contributed by atoms with Gasteiger partial charge in [-0.15, -0.1) is 0 Å². The van der Waals surface area contributed by atoms with Crippen LogP contribution in [0, 0.1) is 28.5 Å². The van der Waals surface area contributed by atoms with Gasteiger partial charge in [-0.05, 0) is 42.4 Å². The Morgan fingerprint density at radius 1 is 1.15 bits per heavy atom. The third kappa shape index (κ3) is 3.65. The minimum Gasteiger partial charge on any atom is -0.381 e. The summed E-state index contributed by atoms with van der Waals surface area (Å²) in [5, 5.41) is 9.83. The summed E-state index contributed by atoms with van der Waals surface area (Å²) in [5.41, 5.74) is 14.9. The van der Waals surface area contributed by atoms with E-state index >= 15 is 0 Å². The molecular weight excluding hydrogens is 446 g/mol. The molecule has 11 heteroatoms. The Morgan fingerprint density at radius 3 is 2.67 bits per heavy atom. The molecule has 0 amide bonds. The Morgan fingerprint density at radius 2 is 1.94 bits per heavy atom. The molecule has 0 saturated carbocycles. The van der Waals surface area contributed by atoms with E-state index in [0.29, 0.717) is 18.9 Å². The Bertz CT molecular complexity index is 1270. The highest BCUT2D eigenvalue weighted by Gasteiger charge is 2.46. The van der Waals surface area contributed by atoms with Crippen molar-refractivity contribution in [2.75, 3.05) is 23.7 Å². The third-order valence-corrected chi connectivity index (χ3v) is 7.52. The van der Waals surface area contributed by atoms with Crippen LogP contribution in [0.3, 0.4) is 0 Å². The summed E-state index contributed by atoms with van der Waals surface area (Å²) < 4.78 is 27.4. The molecule has 1 fully saturated rings. The largest absolute Gasteiger partial charge is 0.381 e. The first-order valence-electron chi connectivity index (χ1n) is 10.4. The van der Waals surface area contributed by atoms with Gasteiger partial charge in [0.25, 0.3) is 0 Å². The van der Waals surface area contributed by atoms with E-state index in [2.05, 4.69) is 26.0 Å². The van der Waals surface area contributed by atoms with Crippen LogP contribution in [0.25, 0.3) is 0 Å². The Balaban J connectivity index is 1.37. The number of nitriles is 1. The van der Waals surface area contributed by atoms with E-state index < -0.39 is 11.8 Å². The van der Waals surface area contributed by atoms with Crippen LogP contribution in [0.5, 0.6) is 0 Å². The van der Waals surface area contributed by atoms with Crippen LogP contribution in [0.1, 0.15) is 35.8 Å². The van der Waals surface area contributed by atoms with Gasteiger partial charge in [-0.2, -0.15) is 9.65 Å². The molecule has 2 aliphatic rings. The van der Waals surface area contributed by atoms with E-state index in [-0.39, 0.29) is 32.9 Å². The fourth-order valence-electron chi connectivity index (χ4n) is 4.69. The molecule has 33 heavy (non-hydrogen) atoms. The van der Waals surface area contributed by atoms with Crippen LogP contribution in [-0.2, 0) is 6.42 Å². The molecule has 1 aliphatic carbocycles. The van der Waals surface area contributed by atoms with Crippen molar-refractivity contribution in [2.45, 2.75) is 35.2 Å². The average molecular weight is 467 g/mol. The Labute approximate surface area is 193 Å². The molecule has 1 spiro atoms. The fraction of sp³-hybridized carbons (Fsp3) is 0.318. The maximum Gasteiger partial charge on any atom is 0.250 e. The number of nitrogens with zero attached hydrogens (tertiary/aromatic N) is 6. The lowest BCUT2D eigenvalue weighted by molar-refractivity contribution is 0.186. The molecule has 1 aliphatic heterocycles. The van der Waals surface area contributed by atoms with Crippen LogP contribution in [0.15, 0.2) is 40.5 Å². The molecule has 0 radical (unpaired) electrons. The molecule has 5 rings (SSSR count). The highest BCUT2D eigenvalue weighted by molar-refractivity contribution is 7.99. The maximum atomic E-state index is 14.0. The number of piperidine rings is 1.